The molecule has 1 aromatic rings. The molecule has 0 amide bonds. The standard InChI is InChI=1S/C11H9NO3S/c1-2-15-11(14)9-4-7(5-12)3-8(6-13)10(9)16/h3-4,6,16H,2H2,1H3. The van der Waals surface area contributed by atoms with Crippen molar-refractivity contribution in [1.82, 2.24) is 0 Å². The van der Waals surface area contributed by atoms with Gasteiger partial charge in [0.2, 0.25) is 0 Å². The molecule has 0 radical (unpaired) electrons. The molecule has 0 saturated carbocycles. The quantitative estimate of drug-likeness (QED) is 0.493. The van der Waals surface area contributed by atoms with Gasteiger partial charge in [0.25, 0.3) is 0 Å². The highest BCUT2D eigenvalue weighted by atomic mass is 32.1. The molecule has 5 heteroatoms. The maximum absolute atomic E-state index is 11.5. The zero-order chi connectivity index (χ0) is 12.1. The zero-order valence-electron chi connectivity index (χ0n) is 8.56. The maximum atomic E-state index is 11.5. The minimum absolute atomic E-state index is 0.131. The van der Waals surface area contributed by atoms with Gasteiger partial charge in [0, 0.05) is 10.5 Å². The summed E-state index contributed by atoms with van der Waals surface area (Å²) in [6.07, 6.45) is 0.548. The van der Waals surface area contributed by atoms with Gasteiger partial charge in [-0.1, -0.05) is 0 Å². The van der Waals surface area contributed by atoms with Gasteiger partial charge in [0.05, 0.1) is 23.8 Å². The lowest BCUT2D eigenvalue weighted by Crippen LogP contribution is -2.07. The fourth-order valence-corrected chi connectivity index (χ4v) is 1.45. The largest absolute Gasteiger partial charge is 0.462 e. The van der Waals surface area contributed by atoms with Gasteiger partial charge in [-0.2, -0.15) is 5.26 Å². The van der Waals surface area contributed by atoms with E-state index in [0.717, 1.165) is 0 Å². The molecule has 0 heterocycles. The highest BCUT2D eigenvalue weighted by Gasteiger charge is 2.15. The van der Waals surface area contributed by atoms with E-state index in [0.29, 0.717) is 6.29 Å². The van der Waals surface area contributed by atoms with Crippen LogP contribution in [0.25, 0.3) is 0 Å². The normalized spacial score (nSPS) is 9.31. The number of nitriles is 1. The third kappa shape index (κ3) is 2.41. The fraction of sp³-hybridized carbons (Fsp3) is 0.182. The van der Waals surface area contributed by atoms with E-state index in [9.17, 15) is 9.59 Å². The van der Waals surface area contributed by atoms with Crippen LogP contribution in [0.2, 0.25) is 0 Å². The molecule has 1 aromatic carbocycles. The average molecular weight is 235 g/mol. The topological polar surface area (TPSA) is 67.2 Å². The van der Waals surface area contributed by atoms with Crippen LogP contribution in [0.15, 0.2) is 17.0 Å². The zero-order valence-corrected chi connectivity index (χ0v) is 9.45. The number of benzene rings is 1. The van der Waals surface area contributed by atoms with Crippen molar-refractivity contribution in [3.05, 3.63) is 28.8 Å². The van der Waals surface area contributed by atoms with E-state index in [1.807, 2.05) is 6.07 Å². The molecule has 1 rings (SSSR count). The second-order valence-corrected chi connectivity index (χ2v) is 3.36. The number of aldehydes is 1. The van der Waals surface area contributed by atoms with Gasteiger partial charge in [0.15, 0.2) is 6.29 Å². The third-order valence-electron chi connectivity index (χ3n) is 1.89. The second kappa shape index (κ2) is 5.33. The molecule has 0 fully saturated rings. The van der Waals surface area contributed by atoms with Gasteiger partial charge in [0.1, 0.15) is 0 Å². The number of carbonyl (C=O) groups is 2. The smallest absolute Gasteiger partial charge is 0.339 e. The van der Waals surface area contributed by atoms with Gasteiger partial charge < -0.3 is 4.74 Å². The molecule has 0 aromatic heterocycles. The molecular weight excluding hydrogens is 226 g/mol. The van der Waals surface area contributed by atoms with Gasteiger partial charge in [-0.15, -0.1) is 12.6 Å². The van der Waals surface area contributed by atoms with E-state index >= 15 is 0 Å². The number of nitrogens with zero attached hydrogens (tertiary/aromatic N) is 1. The predicted molar refractivity (Wildman–Crippen MR) is 59.8 cm³/mol. The van der Waals surface area contributed by atoms with Crippen molar-refractivity contribution in [2.24, 2.45) is 0 Å². The number of carbonyl (C=O) groups excluding carboxylic acids is 2. The Kier molecular flexibility index (Phi) is 4.09. The molecule has 0 aliphatic heterocycles. The van der Waals surface area contributed by atoms with Crippen LogP contribution in [0.1, 0.15) is 33.2 Å². The molecule has 0 aliphatic rings. The lowest BCUT2D eigenvalue weighted by molar-refractivity contribution is 0.0522. The average Bonchev–Trinajstić information content (AvgIpc) is 2.29. The highest BCUT2D eigenvalue weighted by Crippen LogP contribution is 2.21. The number of hydrogen-bond acceptors (Lipinski definition) is 5. The van der Waals surface area contributed by atoms with Crippen molar-refractivity contribution in [1.29, 1.82) is 5.26 Å². The van der Waals surface area contributed by atoms with Crippen molar-refractivity contribution in [2.75, 3.05) is 6.61 Å². The third-order valence-corrected chi connectivity index (χ3v) is 2.39. The van der Waals surface area contributed by atoms with Crippen LogP contribution >= 0.6 is 12.6 Å². The van der Waals surface area contributed by atoms with E-state index in [-0.39, 0.29) is 28.2 Å². The van der Waals surface area contributed by atoms with E-state index in [2.05, 4.69) is 12.6 Å². The molecule has 82 valence electrons. The van der Waals surface area contributed by atoms with Crippen LogP contribution in [-0.2, 0) is 4.74 Å². The fourth-order valence-electron chi connectivity index (χ4n) is 1.18. The van der Waals surface area contributed by atoms with E-state index in [1.54, 1.807) is 6.92 Å². The lowest BCUT2D eigenvalue weighted by Gasteiger charge is -2.07. The van der Waals surface area contributed by atoms with E-state index < -0.39 is 5.97 Å². The Morgan fingerprint density at radius 2 is 2.31 bits per heavy atom. The van der Waals surface area contributed by atoms with Crippen LogP contribution in [0.5, 0.6) is 0 Å². The van der Waals surface area contributed by atoms with Crippen LogP contribution in [0.3, 0.4) is 0 Å². The predicted octanol–water partition coefficient (Wildman–Crippen LogP) is 1.84. The molecule has 0 unspecified atom stereocenters. The second-order valence-electron chi connectivity index (χ2n) is 2.91. The number of esters is 1. The van der Waals surface area contributed by atoms with Crippen LogP contribution in [-0.4, -0.2) is 18.9 Å². The van der Waals surface area contributed by atoms with E-state index in [1.165, 1.54) is 12.1 Å². The summed E-state index contributed by atoms with van der Waals surface area (Å²) in [6, 6.07) is 4.59. The number of rotatable bonds is 3. The van der Waals surface area contributed by atoms with Crippen LogP contribution < -0.4 is 0 Å². The van der Waals surface area contributed by atoms with Gasteiger partial charge in [-0.3, -0.25) is 4.79 Å². The molecule has 16 heavy (non-hydrogen) atoms. The van der Waals surface area contributed by atoms with Crippen molar-refractivity contribution in [3.63, 3.8) is 0 Å². The number of hydrogen-bond donors (Lipinski definition) is 1. The molecule has 0 saturated heterocycles. The van der Waals surface area contributed by atoms with Crippen molar-refractivity contribution in [2.45, 2.75) is 11.8 Å². The Hall–Kier alpha value is -1.80. The number of thiol groups is 1. The lowest BCUT2D eigenvalue weighted by atomic mass is 10.1. The summed E-state index contributed by atoms with van der Waals surface area (Å²) < 4.78 is 4.79. The van der Waals surface area contributed by atoms with Crippen molar-refractivity contribution >= 4 is 24.9 Å². The Morgan fingerprint density at radius 1 is 1.62 bits per heavy atom. The Balaban J connectivity index is 3.32. The molecule has 0 atom stereocenters. The minimum atomic E-state index is -0.590. The van der Waals surface area contributed by atoms with Gasteiger partial charge >= 0.3 is 5.97 Å². The first-order chi connectivity index (χ1) is 7.63. The number of ether oxygens (including phenoxy) is 1. The first kappa shape index (κ1) is 12.3. The summed E-state index contributed by atoms with van der Waals surface area (Å²) in [4.78, 5) is 22.5. The monoisotopic (exact) mass is 235 g/mol. The van der Waals surface area contributed by atoms with Crippen LogP contribution in [0, 0.1) is 11.3 Å². The Bertz CT molecular complexity index is 477. The molecule has 0 N–H and O–H groups in total. The van der Waals surface area contributed by atoms with E-state index in [4.69, 9.17) is 10.00 Å². The Labute approximate surface area is 98.2 Å². The van der Waals surface area contributed by atoms with Gasteiger partial charge in [-0.05, 0) is 19.1 Å². The molecular formula is C11H9NO3S. The SMILES string of the molecule is CCOC(=O)c1cc(C#N)cc(C=O)c1S. The molecule has 4 nitrogen and oxygen atoms in total. The summed E-state index contributed by atoms with van der Waals surface area (Å²) in [7, 11) is 0. The summed E-state index contributed by atoms with van der Waals surface area (Å²) in [5.74, 6) is -0.590. The minimum Gasteiger partial charge on any atom is -0.462 e. The summed E-state index contributed by atoms with van der Waals surface area (Å²) in [6.45, 7) is 1.89. The Morgan fingerprint density at radius 3 is 2.81 bits per heavy atom. The molecule has 0 spiro atoms. The highest BCUT2D eigenvalue weighted by molar-refractivity contribution is 7.80. The molecule has 0 bridgehead atoms. The summed E-state index contributed by atoms with van der Waals surface area (Å²) in [5, 5.41) is 8.74. The summed E-state index contributed by atoms with van der Waals surface area (Å²) in [5.41, 5.74) is 0.555. The molecule has 0 aliphatic carbocycles. The summed E-state index contributed by atoms with van der Waals surface area (Å²) >= 11 is 4.07. The first-order valence-electron chi connectivity index (χ1n) is 4.53. The van der Waals surface area contributed by atoms with Crippen LogP contribution in [0.4, 0.5) is 0 Å². The van der Waals surface area contributed by atoms with Gasteiger partial charge in [-0.25, -0.2) is 4.79 Å². The van der Waals surface area contributed by atoms with Crippen molar-refractivity contribution < 1.29 is 14.3 Å². The first-order valence-corrected chi connectivity index (χ1v) is 4.98. The maximum Gasteiger partial charge on any atom is 0.339 e. The van der Waals surface area contributed by atoms with Crippen molar-refractivity contribution in [3.8, 4) is 6.07 Å².